The van der Waals surface area contributed by atoms with Crippen molar-refractivity contribution in [2.24, 2.45) is 0 Å². The lowest BCUT2D eigenvalue weighted by atomic mass is 10.1. The van der Waals surface area contributed by atoms with Crippen molar-refractivity contribution in [2.45, 2.75) is 33.7 Å². The lowest BCUT2D eigenvalue weighted by Crippen LogP contribution is -2.34. The van der Waals surface area contributed by atoms with Crippen LogP contribution < -0.4 is 0 Å². The van der Waals surface area contributed by atoms with Crippen LogP contribution in [0.1, 0.15) is 30.8 Å². The summed E-state index contributed by atoms with van der Waals surface area (Å²) in [5, 5.41) is 2.19. The summed E-state index contributed by atoms with van der Waals surface area (Å²) in [6.07, 6.45) is 1.84. The first kappa shape index (κ1) is 18.6. The molecule has 1 saturated heterocycles. The first-order chi connectivity index (χ1) is 13.4. The van der Waals surface area contributed by atoms with Crippen LogP contribution in [0, 0.1) is 13.8 Å². The number of rotatable bonds is 3. The van der Waals surface area contributed by atoms with E-state index < -0.39 is 0 Å². The Kier molecular flexibility index (Phi) is 4.63. The highest BCUT2D eigenvalue weighted by Crippen LogP contribution is 2.35. The average Bonchev–Trinajstić information content (AvgIpc) is 3.09. The van der Waals surface area contributed by atoms with E-state index in [1.165, 1.54) is 15.7 Å². The van der Waals surface area contributed by atoms with Crippen LogP contribution in [0.5, 0.6) is 0 Å². The van der Waals surface area contributed by atoms with Gasteiger partial charge in [-0.1, -0.05) is 30.3 Å². The van der Waals surface area contributed by atoms with Crippen molar-refractivity contribution in [3.05, 3.63) is 70.4 Å². The molecule has 5 heteroatoms. The number of aromatic nitrogens is 1. The molecule has 142 valence electrons. The van der Waals surface area contributed by atoms with Crippen molar-refractivity contribution in [1.29, 1.82) is 0 Å². The predicted octanol–water partition coefficient (Wildman–Crippen LogP) is 5.69. The molecule has 1 aliphatic rings. The Hall–Kier alpha value is -2.79. The van der Waals surface area contributed by atoms with Crippen molar-refractivity contribution in [3.63, 3.8) is 0 Å². The second-order valence-corrected chi connectivity index (χ2v) is 8.33. The summed E-state index contributed by atoms with van der Waals surface area (Å²) in [5.41, 5.74) is 4.18. The number of carbonyl (C=O) groups is 2. The number of hydrogen-bond donors (Lipinski definition) is 0. The predicted molar refractivity (Wildman–Crippen MR) is 116 cm³/mol. The maximum Gasteiger partial charge on any atom is 0.293 e. The van der Waals surface area contributed by atoms with Gasteiger partial charge in [0.25, 0.3) is 11.1 Å². The number of thioether (sulfide) groups is 1. The zero-order valence-corrected chi connectivity index (χ0v) is 17.2. The maximum atomic E-state index is 12.6. The Morgan fingerprint density at radius 2 is 1.68 bits per heavy atom. The molecule has 0 saturated carbocycles. The standard InChI is InChI=1S/C23H22N2O2S/c1-14(2)24-22(26)21(28-23(24)27)13-19-11-15(3)25(16(19)4)20-10-9-17-7-5-6-8-18(17)12-20/h5-14H,1-4H3/b21-13+. The SMILES string of the molecule is Cc1cc(/C=C2/SC(=O)N(C(C)C)C2=O)c(C)n1-c1ccc2ccccc2c1. The average molecular weight is 391 g/mol. The molecule has 4 nitrogen and oxygen atoms in total. The second kappa shape index (κ2) is 6.99. The van der Waals surface area contributed by atoms with Gasteiger partial charge in [-0.15, -0.1) is 0 Å². The lowest BCUT2D eigenvalue weighted by Gasteiger charge is -2.16. The van der Waals surface area contributed by atoms with E-state index in [-0.39, 0.29) is 17.2 Å². The van der Waals surface area contributed by atoms with Crippen LogP contribution >= 0.6 is 11.8 Å². The van der Waals surface area contributed by atoms with Crippen LogP contribution in [0.2, 0.25) is 0 Å². The molecular weight excluding hydrogens is 368 g/mol. The van der Waals surface area contributed by atoms with Crippen LogP contribution in [-0.4, -0.2) is 26.7 Å². The summed E-state index contributed by atoms with van der Waals surface area (Å²) in [4.78, 5) is 26.5. The Balaban J connectivity index is 1.76. The van der Waals surface area contributed by atoms with Gasteiger partial charge in [0.05, 0.1) is 4.91 Å². The van der Waals surface area contributed by atoms with Gasteiger partial charge in [0.1, 0.15) is 0 Å². The number of hydrogen-bond acceptors (Lipinski definition) is 3. The van der Waals surface area contributed by atoms with Gasteiger partial charge < -0.3 is 4.57 Å². The summed E-state index contributed by atoms with van der Waals surface area (Å²) in [7, 11) is 0. The highest BCUT2D eigenvalue weighted by molar-refractivity contribution is 8.18. The molecular formula is C23H22N2O2S. The number of nitrogens with zero attached hydrogens (tertiary/aromatic N) is 2. The minimum absolute atomic E-state index is 0.136. The van der Waals surface area contributed by atoms with Gasteiger partial charge in [-0.2, -0.15) is 0 Å². The van der Waals surface area contributed by atoms with Gasteiger partial charge in [0.2, 0.25) is 0 Å². The van der Waals surface area contributed by atoms with E-state index in [0.29, 0.717) is 4.91 Å². The van der Waals surface area contributed by atoms with Crippen molar-refractivity contribution in [2.75, 3.05) is 0 Å². The van der Waals surface area contributed by atoms with Crippen LogP contribution in [0.4, 0.5) is 4.79 Å². The van der Waals surface area contributed by atoms with Gasteiger partial charge in [-0.05, 0) is 80.1 Å². The summed E-state index contributed by atoms with van der Waals surface area (Å²) >= 11 is 1.02. The molecule has 0 N–H and O–H groups in total. The molecule has 0 bridgehead atoms. The molecule has 0 aliphatic carbocycles. The van der Waals surface area contributed by atoms with E-state index in [4.69, 9.17) is 0 Å². The Morgan fingerprint density at radius 1 is 0.964 bits per heavy atom. The first-order valence-corrected chi connectivity index (χ1v) is 10.1. The molecule has 0 unspecified atom stereocenters. The molecule has 1 aromatic heterocycles. The molecule has 2 heterocycles. The number of imide groups is 1. The molecule has 1 aliphatic heterocycles. The topological polar surface area (TPSA) is 42.3 Å². The van der Waals surface area contributed by atoms with Gasteiger partial charge in [-0.25, -0.2) is 0 Å². The third-order valence-electron chi connectivity index (χ3n) is 5.09. The maximum absolute atomic E-state index is 12.6. The van der Waals surface area contributed by atoms with Crippen LogP contribution in [0.15, 0.2) is 53.4 Å². The van der Waals surface area contributed by atoms with Gasteiger partial charge in [0, 0.05) is 23.1 Å². The Labute approximate surface area is 168 Å². The van der Waals surface area contributed by atoms with Crippen molar-refractivity contribution in [1.82, 2.24) is 9.47 Å². The smallest absolute Gasteiger partial charge is 0.293 e. The van der Waals surface area contributed by atoms with E-state index in [9.17, 15) is 9.59 Å². The van der Waals surface area contributed by atoms with E-state index in [1.54, 1.807) is 0 Å². The minimum atomic E-state index is -0.208. The van der Waals surface area contributed by atoms with E-state index >= 15 is 0 Å². The zero-order valence-electron chi connectivity index (χ0n) is 16.4. The third kappa shape index (κ3) is 3.06. The molecule has 1 fully saturated rings. The summed E-state index contributed by atoms with van der Waals surface area (Å²) < 4.78 is 2.19. The third-order valence-corrected chi connectivity index (χ3v) is 5.97. The fourth-order valence-electron chi connectivity index (χ4n) is 3.71. The summed E-state index contributed by atoms with van der Waals surface area (Å²) in [6, 6.07) is 16.6. The monoisotopic (exact) mass is 390 g/mol. The Morgan fingerprint density at radius 3 is 2.36 bits per heavy atom. The summed E-state index contributed by atoms with van der Waals surface area (Å²) in [5.74, 6) is -0.208. The fraction of sp³-hybridized carbons (Fsp3) is 0.217. The van der Waals surface area contributed by atoms with Crippen molar-refractivity contribution >= 4 is 39.8 Å². The molecule has 2 aromatic carbocycles. The van der Waals surface area contributed by atoms with E-state index in [2.05, 4.69) is 47.9 Å². The second-order valence-electron chi connectivity index (χ2n) is 7.34. The number of benzene rings is 2. The number of carbonyl (C=O) groups excluding carboxylic acids is 2. The van der Waals surface area contributed by atoms with Crippen molar-refractivity contribution < 1.29 is 9.59 Å². The van der Waals surface area contributed by atoms with E-state index in [1.807, 2.05) is 39.0 Å². The molecule has 0 atom stereocenters. The molecule has 0 spiro atoms. The normalized spacial score (nSPS) is 16.2. The number of aryl methyl sites for hydroxylation is 1. The molecule has 2 amide bonds. The van der Waals surface area contributed by atoms with Crippen LogP contribution in [0.25, 0.3) is 22.5 Å². The van der Waals surface area contributed by atoms with Crippen LogP contribution in [-0.2, 0) is 4.79 Å². The van der Waals surface area contributed by atoms with E-state index in [0.717, 1.165) is 34.4 Å². The fourth-order valence-corrected chi connectivity index (χ4v) is 4.66. The molecule has 3 aromatic rings. The largest absolute Gasteiger partial charge is 0.318 e. The highest BCUT2D eigenvalue weighted by atomic mass is 32.2. The quantitative estimate of drug-likeness (QED) is 0.539. The highest BCUT2D eigenvalue weighted by Gasteiger charge is 2.36. The molecule has 28 heavy (non-hydrogen) atoms. The first-order valence-electron chi connectivity index (χ1n) is 9.32. The number of amides is 2. The zero-order chi connectivity index (χ0) is 20.0. The van der Waals surface area contributed by atoms with Crippen LogP contribution in [0.3, 0.4) is 0 Å². The van der Waals surface area contributed by atoms with Gasteiger partial charge in [-0.3, -0.25) is 14.5 Å². The minimum Gasteiger partial charge on any atom is -0.318 e. The summed E-state index contributed by atoms with van der Waals surface area (Å²) in [6.45, 7) is 7.80. The van der Waals surface area contributed by atoms with Gasteiger partial charge >= 0.3 is 0 Å². The molecule has 4 rings (SSSR count). The molecule has 0 radical (unpaired) electrons. The lowest BCUT2D eigenvalue weighted by molar-refractivity contribution is -0.123. The van der Waals surface area contributed by atoms with Gasteiger partial charge in [0.15, 0.2) is 0 Å². The van der Waals surface area contributed by atoms with Crippen molar-refractivity contribution in [3.8, 4) is 5.69 Å². The number of fused-ring (bicyclic) bond motifs is 1. The Bertz CT molecular complexity index is 1140.